The van der Waals surface area contributed by atoms with Gasteiger partial charge in [-0.1, -0.05) is 0 Å². The van der Waals surface area contributed by atoms with Crippen molar-refractivity contribution in [3.05, 3.63) is 0 Å². The Balaban J connectivity index is 2.22. The molecule has 1 saturated heterocycles. The minimum atomic E-state index is -0.319. The van der Waals surface area contributed by atoms with Crippen LogP contribution in [0.1, 0.15) is 32.1 Å². The van der Waals surface area contributed by atoms with Crippen LogP contribution in [0.3, 0.4) is 0 Å². The summed E-state index contributed by atoms with van der Waals surface area (Å²) in [5, 5.41) is 9.39. The average molecular weight is 220 g/mol. The molecular formula is C10H18ClNO2. The highest BCUT2D eigenvalue weighted by molar-refractivity contribution is 6.17. The molecule has 0 aromatic carbocycles. The quantitative estimate of drug-likeness (QED) is 0.573. The van der Waals surface area contributed by atoms with E-state index in [1.807, 2.05) is 0 Å². The number of hydrogen-bond acceptors (Lipinski definition) is 2. The molecule has 1 rings (SSSR count). The van der Waals surface area contributed by atoms with Crippen LogP contribution < -0.4 is 0 Å². The largest absolute Gasteiger partial charge is 0.391 e. The van der Waals surface area contributed by atoms with Gasteiger partial charge in [-0.2, -0.15) is 0 Å². The Labute approximate surface area is 90.0 Å². The zero-order valence-corrected chi connectivity index (χ0v) is 9.17. The van der Waals surface area contributed by atoms with Crippen LogP contribution in [0.4, 0.5) is 0 Å². The third kappa shape index (κ3) is 3.84. The predicted octanol–water partition coefficient (Wildman–Crippen LogP) is 1.38. The van der Waals surface area contributed by atoms with Crippen molar-refractivity contribution in [3.63, 3.8) is 0 Å². The zero-order chi connectivity index (χ0) is 10.4. The number of hydrogen-bond donors (Lipinski definition) is 1. The molecule has 1 amide bonds. The fourth-order valence-electron chi connectivity index (χ4n) is 1.71. The van der Waals surface area contributed by atoms with Crippen molar-refractivity contribution < 1.29 is 9.90 Å². The molecule has 1 unspecified atom stereocenters. The van der Waals surface area contributed by atoms with E-state index in [1.165, 1.54) is 0 Å². The van der Waals surface area contributed by atoms with Gasteiger partial charge in [0.2, 0.25) is 5.91 Å². The van der Waals surface area contributed by atoms with Gasteiger partial charge in [0.25, 0.3) is 0 Å². The Morgan fingerprint density at radius 1 is 1.50 bits per heavy atom. The Morgan fingerprint density at radius 3 is 2.93 bits per heavy atom. The summed E-state index contributed by atoms with van der Waals surface area (Å²) in [6, 6.07) is 0. The summed E-state index contributed by atoms with van der Waals surface area (Å²) in [4.78, 5) is 13.4. The van der Waals surface area contributed by atoms with Crippen LogP contribution in [-0.2, 0) is 4.79 Å². The molecule has 0 aromatic heterocycles. The fourth-order valence-corrected chi connectivity index (χ4v) is 1.90. The van der Waals surface area contributed by atoms with Crippen molar-refractivity contribution in [2.75, 3.05) is 19.0 Å². The standard InChI is InChI=1S/C10H18ClNO2/c11-6-2-1-5-10(14)12-7-3-4-9(13)8-12/h9,13H,1-8H2. The SMILES string of the molecule is O=C(CCCCCl)N1CCCC(O)C1. The van der Waals surface area contributed by atoms with Crippen LogP contribution in [0, 0.1) is 0 Å². The summed E-state index contributed by atoms with van der Waals surface area (Å²) in [6.45, 7) is 1.32. The van der Waals surface area contributed by atoms with Crippen LogP contribution in [0.15, 0.2) is 0 Å². The van der Waals surface area contributed by atoms with Crippen LogP contribution >= 0.6 is 11.6 Å². The second kappa shape index (κ2) is 6.25. The van der Waals surface area contributed by atoms with Crippen molar-refractivity contribution in [2.45, 2.75) is 38.2 Å². The van der Waals surface area contributed by atoms with Gasteiger partial charge in [0.15, 0.2) is 0 Å². The van der Waals surface area contributed by atoms with E-state index < -0.39 is 0 Å². The number of β-amino-alcohol motifs (C(OH)–C–C–N with tert-alkyl or cyclic N) is 1. The first-order valence-electron chi connectivity index (χ1n) is 5.26. The van der Waals surface area contributed by atoms with Crippen LogP contribution in [-0.4, -0.2) is 41.0 Å². The van der Waals surface area contributed by atoms with E-state index in [1.54, 1.807) is 4.90 Å². The number of alkyl halides is 1. The van der Waals surface area contributed by atoms with Gasteiger partial charge in [-0.05, 0) is 25.7 Å². The number of likely N-dealkylation sites (tertiary alicyclic amines) is 1. The summed E-state index contributed by atoms with van der Waals surface area (Å²) >= 11 is 5.53. The van der Waals surface area contributed by atoms with Crippen molar-refractivity contribution in [1.82, 2.24) is 4.90 Å². The highest BCUT2D eigenvalue weighted by Crippen LogP contribution is 2.12. The third-order valence-electron chi connectivity index (χ3n) is 2.52. The lowest BCUT2D eigenvalue weighted by Gasteiger charge is -2.30. The van der Waals surface area contributed by atoms with Crippen molar-refractivity contribution in [1.29, 1.82) is 0 Å². The molecule has 4 heteroatoms. The molecule has 0 aromatic rings. The molecule has 0 radical (unpaired) electrons. The normalized spacial score (nSPS) is 22.4. The highest BCUT2D eigenvalue weighted by atomic mass is 35.5. The molecule has 14 heavy (non-hydrogen) atoms. The van der Waals surface area contributed by atoms with Gasteiger partial charge in [0, 0.05) is 25.4 Å². The summed E-state index contributed by atoms with van der Waals surface area (Å²) in [6.07, 6.45) is 3.74. The minimum absolute atomic E-state index is 0.161. The molecule has 1 aliphatic heterocycles. The Kier molecular flexibility index (Phi) is 5.26. The maximum atomic E-state index is 11.6. The van der Waals surface area contributed by atoms with Gasteiger partial charge >= 0.3 is 0 Å². The molecule has 1 aliphatic rings. The molecule has 1 N–H and O–H groups in total. The third-order valence-corrected chi connectivity index (χ3v) is 2.79. The van der Waals surface area contributed by atoms with E-state index in [2.05, 4.69) is 0 Å². The van der Waals surface area contributed by atoms with Crippen LogP contribution in [0.5, 0.6) is 0 Å². The number of nitrogens with zero attached hydrogens (tertiary/aromatic N) is 1. The monoisotopic (exact) mass is 219 g/mol. The average Bonchev–Trinajstić information content (AvgIpc) is 2.18. The number of carbonyl (C=O) groups is 1. The molecule has 82 valence electrons. The number of piperidine rings is 1. The first kappa shape index (κ1) is 11.8. The lowest BCUT2D eigenvalue weighted by atomic mass is 10.1. The molecule has 0 aliphatic carbocycles. The first-order valence-corrected chi connectivity index (χ1v) is 5.79. The number of halogens is 1. The van der Waals surface area contributed by atoms with E-state index >= 15 is 0 Å². The van der Waals surface area contributed by atoms with Crippen molar-refractivity contribution in [3.8, 4) is 0 Å². The van der Waals surface area contributed by atoms with Crippen molar-refractivity contribution in [2.24, 2.45) is 0 Å². The second-order valence-corrected chi connectivity index (χ2v) is 4.16. The Morgan fingerprint density at radius 2 is 2.29 bits per heavy atom. The number of amides is 1. The lowest BCUT2D eigenvalue weighted by molar-refractivity contribution is -0.134. The molecule has 1 atom stereocenters. The van der Waals surface area contributed by atoms with E-state index in [0.717, 1.165) is 32.2 Å². The van der Waals surface area contributed by atoms with E-state index in [-0.39, 0.29) is 12.0 Å². The Hall–Kier alpha value is -0.280. The first-order chi connectivity index (χ1) is 6.74. The fraction of sp³-hybridized carbons (Fsp3) is 0.900. The molecule has 1 heterocycles. The number of rotatable bonds is 4. The summed E-state index contributed by atoms with van der Waals surface area (Å²) < 4.78 is 0. The molecular weight excluding hydrogens is 202 g/mol. The van der Waals surface area contributed by atoms with Crippen LogP contribution in [0.2, 0.25) is 0 Å². The summed E-state index contributed by atoms with van der Waals surface area (Å²) in [5.74, 6) is 0.782. The highest BCUT2D eigenvalue weighted by Gasteiger charge is 2.21. The number of aliphatic hydroxyl groups excluding tert-OH is 1. The molecule has 0 spiro atoms. The molecule has 0 bridgehead atoms. The van der Waals surface area contributed by atoms with Gasteiger partial charge < -0.3 is 10.0 Å². The number of carbonyl (C=O) groups excluding carboxylic acids is 1. The number of aliphatic hydroxyl groups is 1. The second-order valence-electron chi connectivity index (χ2n) is 3.78. The van der Waals surface area contributed by atoms with Gasteiger partial charge in [-0.3, -0.25) is 4.79 Å². The zero-order valence-electron chi connectivity index (χ0n) is 8.41. The Bertz CT molecular complexity index is 187. The number of unbranched alkanes of at least 4 members (excludes halogenated alkanes) is 1. The summed E-state index contributed by atoms with van der Waals surface area (Å²) in [7, 11) is 0. The predicted molar refractivity (Wildman–Crippen MR) is 56.4 cm³/mol. The molecule has 1 fully saturated rings. The van der Waals surface area contributed by atoms with Gasteiger partial charge in [-0.15, -0.1) is 11.6 Å². The molecule has 0 saturated carbocycles. The smallest absolute Gasteiger partial charge is 0.222 e. The lowest BCUT2D eigenvalue weighted by Crippen LogP contribution is -2.42. The van der Waals surface area contributed by atoms with E-state index in [9.17, 15) is 9.90 Å². The topological polar surface area (TPSA) is 40.5 Å². The van der Waals surface area contributed by atoms with E-state index in [0.29, 0.717) is 18.8 Å². The summed E-state index contributed by atoms with van der Waals surface area (Å²) in [5.41, 5.74) is 0. The van der Waals surface area contributed by atoms with Gasteiger partial charge in [0.05, 0.1) is 6.10 Å². The van der Waals surface area contributed by atoms with Crippen LogP contribution in [0.25, 0.3) is 0 Å². The minimum Gasteiger partial charge on any atom is -0.391 e. The van der Waals surface area contributed by atoms with E-state index in [4.69, 9.17) is 11.6 Å². The maximum absolute atomic E-state index is 11.6. The van der Waals surface area contributed by atoms with Gasteiger partial charge in [0.1, 0.15) is 0 Å². The van der Waals surface area contributed by atoms with Crippen molar-refractivity contribution >= 4 is 17.5 Å². The maximum Gasteiger partial charge on any atom is 0.222 e. The van der Waals surface area contributed by atoms with Gasteiger partial charge in [-0.25, -0.2) is 0 Å². The molecule has 3 nitrogen and oxygen atoms in total.